The number of amides is 2. The number of rotatable bonds is 2. The number of nitrogens with one attached hydrogen (secondary N) is 3. The first-order valence-corrected chi connectivity index (χ1v) is 8.31. The number of carbonyl (C=O) groups is 2. The third-order valence-electron chi connectivity index (χ3n) is 5.25. The summed E-state index contributed by atoms with van der Waals surface area (Å²) in [5.74, 6) is -0.509. The van der Waals surface area contributed by atoms with E-state index in [1.807, 2.05) is 7.05 Å². The summed E-state index contributed by atoms with van der Waals surface area (Å²) in [5, 5.41) is 7.58. The van der Waals surface area contributed by atoms with Gasteiger partial charge in [0.25, 0.3) is 11.8 Å². The first kappa shape index (κ1) is 13.7. The van der Waals surface area contributed by atoms with Gasteiger partial charge in [-0.2, -0.15) is 0 Å². The highest BCUT2D eigenvalue weighted by molar-refractivity contribution is 6.31. The fourth-order valence-electron chi connectivity index (χ4n) is 4.32. The minimum absolute atomic E-state index is 0.240. The van der Waals surface area contributed by atoms with E-state index in [0.29, 0.717) is 11.1 Å². The molecule has 2 amide bonds. The van der Waals surface area contributed by atoms with Gasteiger partial charge in [-0.25, -0.2) is 0 Å². The largest absolute Gasteiger partial charge is 0.354 e. The van der Waals surface area contributed by atoms with Crippen LogP contribution in [0.2, 0.25) is 0 Å². The zero-order valence-electron chi connectivity index (χ0n) is 13.4. The minimum Gasteiger partial charge on any atom is -0.354 e. The smallest absolute Gasteiger partial charge is 0.259 e. The molecule has 0 fully saturated rings. The standard InChI is InChI=1S/C19H17N3O2/c1-20-8-9-5-6-13-12(7-9)14-16-15(18(23)22-19(16)24)10-3-2-4-11(10)17(14)21-13/h5-7,20-21H,2-4,8H2,1H3,(H,22,23,24). The number of hydrogen-bond acceptors (Lipinski definition) is 3. The molecule has 5 heteroatoms. The van der Waals surface area contributed by atoms with Gasteiger partial charge in [-0.1, -0.05) is 6.07 Å². The maximum atomic E-state index is 12.5. The number of imide groups is 1. The first-order valence-electron chi connectivity index (χ1n) is 8.31. The Labute approximate surface area is 138 Å². The molecule has 0 atom stereocenters. The van der Waals surface area contributed by atoms with Crippen LogP contribution < -0.4 is 10.6 Å². The van der Waals surface area contributed by atoms with Gasteiger partial charge in [-0.05, 0) is 55.1 Å². The summed E-state index contributed by atoms with van der Waals surface area (Å²) in [6, 6.07) is 6.26. The molecule has 3 N–H and O–H groups in total. The molecule has 1 aliphatic heterocycles. The van der Waals surface area contributed by atoms with E-state index in [-0.39, 0.29) is 11.8 Å². The van der Waals surface area contributed by atoms with Crippen molar-refractivity contribution in [3.63, 3.8) is 0 Å². The minimum atomic E-state index is -0.269. The zero-order valence-corrected chi connectivity index (χ0v) is 13.4. The van der Waals surface area contributed by atoms with Crippen LogP contribution in [0.5, 0.6) is 0 Å². The lowest BCUT2D eigenvalue weighted by Crippen LogP contribution is -2.20. The summed E-state index contributed by atoms with van der Waals surface area (Å²) in [4.78, 5) is 28.3. The van der Waals surface area contributed by atoms with Crippen LogP contribution in [0.4, 0.5) is 0 Å². The molecule has 1 aliphatic carbocycles. The molecule has 5 rings (SSSR count). The van der Waals surface area contributed by atoms with E-state index in [1.165, 1.54) is 5.56 Å². The Kier molecular flexibility index (Phi) is 2.68. The number of benzene rings is 2. The number of H-pyrrole nitrogens is 1. The van der Waals surface area contributed by atoms with E-state index in [2.05, 4.69) is 33.8 Å². The number of aromatic nitrogens is 1. The fourth-order valence-corrected chi connectivity index (χ4v) is 4.32. The van der Waals surface area contributed by atoms with Crippen molar-refractivity contribution in [2.24, 2.45) is 0 Å². The van der Waals surface area contributed by atoms with Gasteiger partial charge < -0.3 is 10.3 Å². The fraction of sp³-hybridized carbons (Fsp3) is 0.263. The summed E-state index contributed by atoms with van der Waals surface area (Å²) in [6.07, 6.45) is 2.86. The van der Waals surface area contributed by atoms with E-state index >= 15 is 0 Å². The van der Waals surface area contributed by atoms with Crippen molar-refractivity contribution in [3.05, 3.63) is 46.0 Å². The Hall–Kier alpha value is -2.66. The lowest BCUT2D eigenvalue weighted by atomic mass is 9.93. The van der Waals surface area contributed by atoms with E-state index < -0.39 is 0 Å². The van der Waals surface area contributed by atoms with Gasteiger partial charge in [-0.3, -0.25) is 14.9 Å². The Bertz CT molecular complexity index is 1060. The Morgan fingerprint density at radius 1 is 1.08 bits per heavy atom. The number of aryl methyl sites for hydroxylation is 1. The molecule has 2 aromatic carbocycles. The Morgan fingerprint density at radius 2 is 1.88 bits per heavy atom. The summed E-state index contributed by atoms with van der Waals surface area (Å²) < 4.78 is 0. The predicted molar refractivity (Wildman–Crippen MR) is 92.4 cm³/mol. The molecule has 2 heterocycles. The van der Waals surface area contributed by atoms with Crippen LogP contribution >= 0.6 is 0 Å². The monoisotopic (exact) mass is 319 g/mol. The van der Waals surface area contributed by atoms with Gasteiger partial charge in [0, 0.05) is 22.8 Å². The summed E-state index contributed by atoms with van der Waals surface area (Å²) in [5.41, 5.74) is 6.64. The van der Waals surface area contributed by atoms with Crippen molar-refractivity contribution in [1.29, 1.82) is 0 Å². The lowest BCUT2D eigenvalue weighted by molar-refractivity contribution is 0.0880. The quantitative estimate of drug-likeness (QED) is 0.635. The maximum Gasteiger partial charge on any atom is 0.259 e. The van der Waals surface area contributed by atoms with Crippen LogP contribution in [0.25, 0.3) is 21.8 Å². The highest BCUT2D eigenvalue weighted by atomic mass is 16.2. The van der Waals surface area contributed by atoms with E-state index in [9.17, 15) is 9.59 Å². The zero-order chi connectivity index (χ0) is 16.4. The Balaban J connectivity index is 1.97. The van der Waals surface area contributed by atoms with Gasteiger partial charge in [0.15, 0.2) is 0 Å². The molecule has 24 heavy (non-hydrogen) atoms. The van der Waals surface area contributed by atoms with Crippen molar-refractivity contribution in [2.75, 3.05) is 7.05 Å². The molecule has 5 nitrogen and oxygen atoms in total. The van der Waals surface area contributed by atoms with Crippen LogP contribution in [0.3, 0.4) is 0 Å². The van der Waals surface area contributed by atoms with Gasteiger partial charge in [0.1, 0.15) is 0 Å². The molecular weight excluding hydrogens is 302 g/mol. The molecular formula is C19H17N3O2. The Morgan fingerprint density at radius 3 is 2.71 bits per heavy atom. The third-order valence-corrected chi connectivity index (χ3v) is 5.25. The van der Waals surface area contributed by atoms with Crippen molar-refractivity contribution >= 4 is 33.6 Å². The summed E-state index contributed by atoms with van der Waals surface area (Å²) in [7, 11) is 1.91. The van der Waals surface area contributed by atoms with E-state index in [1.54, 1.807) is 0 Å². The van der Waals surface area contributed by atoms with Gasteiger partial charge in [-0.15, -0.1) is 0 Å². The molecule has 1 aromatic heterocycles. The average Bonchev–Trinajstić information content (AvgIpc) is 3.23. The van der Waals surface area contributed by atoms with E-state index in [4.69, 9.17) is 0 Å². The highest BCUT2D eigenvalue weighted by Crippen LogP contribution is 2.41. The van der Waals surface area contributed by atoms with E-state index in [0.717, 1.165) is 58.7 Å². The molecule has 0 saturated carbocycles. The van der Waals surface area contributed by atoms with Crippen LogP contribution in [0.1, 0.15) is 43.8 Å². The van der Waals surface area contributed by atoms with Crippen LogP contribution in [-0.4, -0.2) is 23.8 Å². The second-order valence-electron chi connectivity index (χ2n) is 6.63. The van der Waals surface area contributed by atoms with Crippen LogP contribution in [0, 0.1) is 0 Å². The molecule has 0 unspecified atom stereocenters. The van der Waals surface area contributed by atoms with Gasteiger partial charge in [0.2, 0.25) is 0 Å². The van der Waals surface area contributed by atoms with Crippen LogP contribution in [0.15, 0.2) is 18.2 Å². The molecule has 0 bridgehead atoms. The average molecular weight is 319 g/mol. The van der Waals surface area contributed by atoms with Crippen molar-refractivity contribution in [3.8, 4) is 0 Å². The third kappa shape index (κ3) is 1.62. The molecule has 3 aromatic rings. The maximum absolute atomic E-state index is 12.5. The summed E-state index contributed by atoms with van der Waals surface area (Å²) >= 11 is 0. The molecule has 120 valence electrons. The molecule has 0 radical (unpaired) electrons. The second-order valence-corrected chi connectivity index (χ2v) is 6.63. The lowest BCUT2D eigenvalue weighted by Gasteiger charge is -2.07. The SMILES string of the molecule is CNCc1ccc2[nH]c3c4c(c5c(c3c2c1)C(=O)NC5=O)CCC4. The summed E-state index contributed by atoms with van der Waals surface area (Å²) in [6.45, 7) is 0.765. The second kappa shape index (κ2) is 4.68. The number of aromatic amines is 1. The number of hydrogen-bond donors (Lipinski definition) is 3. The van der Waals surface area contributed by atoms with Crippen molar-refractivity contribution < 1.29 is 9.59 Å². The topological polar surface area (TPSA) is 74.0 Å². The van der Waals surface area contributed by atoms with Crippen LogP contribution in [-0.2, 0) is 19.4 Å². The number of fused-ring (bicyclic) bond motifs is 8. The normalized spacial score (nSPS) is 16.0. The number of carbonyl (C=O) groups excluding carboxylic acids is 2. The van der Waals surface area contributed by atoms with Crippen molar-refractivity contribution in [2.45, 2.75) is 25.8 Å². The van der Waals surface area contributed by atoms with Gasteiger partial charge >= 0.3 is 0 Å². The molecule has 0 spiro atoms. The molecule has 0 saturated heterocycles. The first-order chi connectivity index (χ1) is 11.7. The van der Waals surface area contributed by atoms with Crippen molar-refractivity contribution in [1.82, 2.24) is 15.6 Å². The predicted octanol–water partition coefficient (Wildman–Crippen LogP) is 2.41. The molecule has 2 aliphatic rings. The van der Waals surface area contributed by atoms with Gasteiger partial charge in [0.05, 0.1) is 16.6 Å². The highest BCUT2D eigenvalue weighted by Gasteiger charge is 2.36.